The van der Waals surface area contributed by atoms with E-state index in [0.717, 1.165) is 12.1 Å². The molecule has 17 heavy (non-hydrogen) atoms. The standard InChI is InChI=1S/C11H13FN2O3/c1-7(17-2)10(15)13-14-11(16)8-3-5-9(12)6-4-8/h3-7H,1-2H3,(H,13,15)(H,14,16)/t7-/m1/s1. The smallest absolute Gasteiger partial charge is 0.269 e. The molecule has 2 N–H and O–H groups in total. The number of ether oxygens (including phenoxy) is 1. The van der Waals surface area contributed by atoms with Gasteiger partial charge in [-0.3, -0.25) is 20.4 Å². The molecular weight excluding hydrogens is 227 g/mol. The number of benzene rings is 1. The molecule has 6 heteroatoms. The van der Waals surface area contributed by atoms with Crippen molar-refractivity contribution >= 4 is 11.8 Å². The molecule has 0 unspecified atom stereocenters. The Morgan fingerprint density at radius 1 is 1.24 bits per heavy atom. The van der Waals surface area contributed by atoms with Crippen molar-refractivity contribution in [2.75, 3.05) is 7.11 Å². The van der Waals surface area contributed by atoms with Gasteiger partial charge in [-0.15, -0.1) is 0 Å². The first kappa shape index (κ1) is 13.1. The fraction of sp³-hybridized carbons (Fsp3) is 0.273. The lowest BCUT2D eigenvalue weighted by molar-refractivity contribution is -0.130. The minimum Gasteiger partial charge on any atom is -0.372 e. The third-order valence-electron chi connectivity index (χ3n) is 2.13. The van der Waals surface area contributed by atoms with E-state index in [1.165, 1.54) is 19.2 Å². The number of carbonyl (C=O) groups excluding carboxylic acids is 2. The van der Waals surface area contributed by atoms with Gasteiger partial charge in [0, 0.05) is 12.7 Å². The van der Waals surface area contributed by atoms with Crippen molar-refractivity contribution in [3.63, 3.8) is 0 Å². The normalized spacial score (nSPS) is 11.7. The van der Waals surface area contributed by atoms with Crippen LogP contribution in [-0.4, -0.2) is 25.0 Å². The average molecular weight is 240 g/mol. The average Bonchev–Trinajstić information content (AvgIpc) is 2.35. The van der Waals surface area contributed by atoms with Crippen LogP contribution in [0.2, 0.25) is 0 Å². The van der Waals surface area contributed by atoms with Crippen molar-refractivity contribution < 1.29 is 18.7 Å². The summed E-state index contributed by atoms with van der Waals surface area (Å²) in [6.07, 6.45) is -0.663. The molecular formula is C11H13FN2O3. The number of amides is 2. The van der Waals surface area contributed by atoms with Crippen LogP contribution in [0.3, 0.4) is 0 Å². The maximum atomic E-state index is 12.6. The fourth-order valence-corrected chi connectivity index (χ4v) is 1.00. The monoisotopic (exact) mass is 240 g/mol. The first-order chi connectivity index (χ1) is 8.04. The van der Waals surface area contributed by atoms with E-state index >= 15 is 0 Å². The van der Waals surface area contributed by atoms with Gasteiger partial charge in [0.1, 0.15) is 11.9 Å². The molecule has 1 atom stereocenters. The molecule has 0 saturated carbocycles. The number of hydrogen-bond acceptors (Lipinski definition) is 3. The van der Waals surface area contributed by atoms with Crippen molar-refractivity contribution in [3.8, 4) is 0 Å². The summed E-state index contributed by atoms with van der Waals surface area (Å²) < 4.78 is 17.4. The molecule has 1 aromatic rings. The quantitative estimate of drug-likeness (QED) is 0.761. The number of methoxy groups -OCH3 is 1. The molecule has 0 spiro atoms. The van der Waals surface area contributed by atoms with Gasteiger partial charge in [0.2, 0.25) is 0 Å². The number of hydrogen-bond donors (Lipinski definition) is 2. The predicted octanol–water partition coefficient (Wildman–Crippen LogP) is 0.622. The molecule has 5 nitrogen and oxygen atoms in total. The number of rotatable bonds is 3. The van der Waals surface area contributed by atoms with E-state index in [-0.39, 0.29) is 5.56 Å². The first-order valence-electron chi connectivity index (χ1n) is 4.93. The fourth-order valence-electron chi connectivity index (χ4n) is 1.00. The van der Waals surface area contributed by atoms with Crippen LogP contribution < -0.4 is 10.9 Å². The largest absolute Gasteiger partial charge is 0.372 e. The summed E-state index contributed by atoms with van der Waals surface area (Å²) in [6.45, 7) is 1.54. The molecule has 1 rings (SSSR count). The van der Waals surface area contributed by atoms with Crippen LogP contribution in [0, 0.1) is 5.82 Å². The molecule has 0 aromatic heterocycles. The third kappa shape index (κ3) is 3.84. The van der Waals surface area contributed by atoms with Crippen LogP contribution in [0.25, 0.3) is 0 Å². The van der Waals surface area contributed by atoms with Crippen LogP contribution in [0.1, 0.15) is 17.3 Å². The lowest BCUT2D eigenvalue weighted by atomic mass is 10.2. The van der Waals surface area contributed by atoms with E-state index in [1.54, 1.807) is 6.92 Å². The van der Waals surface area contributed by atoms with E-state index < -0.39 is 23.7 Å². The molecule has 0 radical (unpaired) electrons. The van der Waals surface area contributed by atoms with Crippen LogP contribution in [0.15, 0.2) is 24.3 Å². The summed E-state index contributed by atoms with van der Waals surface area (Å²) in [5.74, 6) is -1.43. The van der Waals surface area contributed by atoms with Crippen LogP contribution in [0.5, 0.6) is 0 Å². The van der Waals surface area contributed by atoms with E-state index in [2.05, 4.69) is 10.9 Å². The molecule has 0 saturated heterocycles. The van der Waals surface area contributed by atoms with E-state index in [0.29, 0.717) is 0 Å². The number of nitrogens with one attached hydrogen (secondary N) is 2. The Morgan fingerprint density at radius 2 is 1.82 bits per heavy atom. The Labute approximate surface area is 97.9 Å². The molecule has 1 aromatic carbocycles. The zero-order chi connectivity index (χ0) is 12.8. The molecule has 0 heterocycles. The molecule has 0 aliphatic heterocycles. The van der Waals surface area contributed by atoms with Crippen LogP contribution >= 0.6 is 0 Å². The molecule has 2 amide bonds. The van der Waals surface area contributed by atoms with Crippen molar-refractivity contribution in [1.82, 2.24) is 10.9 Å². The second-order valence-electron chi connectivity index (χ2n) is 3.33. The topological polar surface area (TPSA) is 67.4 Å². The number of halogens is 1. The Morgan fingerprint density at radius 3 is 2.35 bits per heavy atom. The highest BCUT2D eigenvalue weighted by Gasteiger charge is 2.12. The van der Waals surface area contributed by atoms with E-state index in [9.17, 15) is 14.0 Å². The van der Waals surface area contributed by atoms with Gasteiger partial charge < -0.3 is 4.74 Å². The maximum absolute atomic E-state index is 12.6. The highest BCUT2D eigenvalue weighted by atomic mass is 19.1. The van der Waals surface area contributed by atoms with Gasteiger partial charge in [-0.2, -0.15) is 0 Å². The second kappa shape index (κ2) is 5.95. The SMILES string of the molecule is CO[C@H](C)C(=O)NNC(=O)c1ccc(F)cc1. The van der Waals surface area contributed by atoms with Gasteiger partial charge in [-0.25, -0.2) is 4.39 Å². The molecule has 0 aliphatic carbocycles. The minimum atomic E-state index is -0.663. The van der Waals surface area contributed by atoms with E-state index in [4.69, 9.17) is 4.74 Å². The Balaban J connectivity index is 2.50. The lowest BCUT2D eigenvalue weighted by Crippen LogP contribution is -2.46. The van der Waals surface area contributed by atoms with Crippen LogP contribution in [-0.2, 0) is 9.53 Å². The highest BCUT2D eigenvalue weighted by molar-refractivity contribution is 5.95. The minimum absolute atomic E-state index is 0.247. The Hall–Kier alpha value is -1.95. The predicted molar refractivity (Wildman–Crippen MR) is 58.5 cm³/mol. The molecule has 92 valence electrons. The highest BCUT2D eigenvalue weighted by Crippen LogP contribution is 2.01. The lowest BCUT2D eigenvalue weighted by Gasteiger charge is -2.11. The summed E-state index contributed by atoms with van der Waals surface area (Å²) in [6, 6.07) is 4.95. The third-order valence-corrected chi connectivity index (χ3v) is 2.13. The summed E-state index contributed by atoms with van der Waals surface area (Å²) in [7, 11) is 1.38. The van der Waals surface area contributed by atoms with Gasteiger partial charge >= 0.3 is 0 Å². The maximum Gasteiger partial charge on any atom is 0.269 e. The molecule has 0 fully saturated rings. The van der Waals surface area contributed by atoms with Gasteiger partial charge in [0.15, 0.2) is 0 Å². The number of hydrazine groups is 1. The van der Waals surface area contributed by atoms with Crippen molar-refractivity contribution in [2.24, 2.45) is 0 Å². The summed E-state index contributed by atoms with van der Waals surface area (Å²) >= 11 is 0. The summed E-state index contributed by atoms with van der Waals surface area (Å²) in [4.78, 5) is 22.7. The van der Waals surface area contributed by atoms with Crippen molar-refractivity contribution in [1.29, 1.82) is 0 Å². The number of carbonyl (C=O) groups is 2. The van der Waals surface area contributed by atoms with Crippen LogP contribution in [0.4, 0.5) is 4.39 Å². The molecule has 0 aliphatic rings. The van der Waals surface area contributed by atoms with E-state index in [1.807, 2.05) is 0 Å². The summed E-state index contributed by atoms with van der Waals surface area (Å²) in [5.41, 5.74) is 4.63. The van der Waals surface area contributed by atoms with Crippen molar-refractivity contribution in [2.45, 2.75) is 13.0 Å². The van der Waals surface area contributed by atoms with Gasteiger partial charge in [0.25, 0.3) is 11.8 Å². The second-order valence-corrected chi connectivity index (χ2v) is 3.33. The summed E-state index contributed by atoms with van der Waals surface area (Å²) in [5, 5.41) is 0. The van der Waals surface area contributed by atoms with Gasteiger partial charge in [-0.05, 0) is 31.2 Å². The zero-order valence-electron chi connectivity index (χ0n) is 9.49. The first-order valence-corrected chi connectivity index (χ1v) is 4.93. The molecule has 0 bridgehead atoms. The van der Waals surface area contributed by atoms with Gasteiger partial charge in [-0.1, -0.05) is 0 Å². The van der Waals surface area contributed by atoms with Gasteiger partial charge in [0.05, 0.1) is 0 Å². The van der Waals surface area contributed by atoms with Crippen molar-refractivity contribution in [3.05, 3.63) is 35.6 Å². The Kier molecular flexibility index (Phi) is 4.59. The zero-order valence-corrected chi connectivity index (χ0v) is 9.49. The Bertz CT molecular complexity index is 406.